The number of nitrogens with one attached hydrogen (secondary N) is 1. The molecule has 0 spiro atoms. The van der Waals surface area contributed by atoms with Crippen LogP contribution in [0.2, 0.25) is 0 Å². The van der Waals surface area contributed by atoms with Crippen LogP contribution in [0, 0.1) is 0 Å². The summed E-state index contributed by atoms with van der Waals surface area (Å²) in [7, 11) is -3.96. The lowest BCUT2D eigenvalue weighted by molar-refractivity contribution is -0.117. The molecule has 3 rings (SSSR count). The summed E-state index contributed by atoms with van der Waals surface area (Å²) >= 11 is 1.43. The van der Waals surface area contributed by atoms with Crippen LogP contribution >= 0.6 is 11.3 Å². The monoisotopic (exact) mass is 400 g/mol. The van der Waals surface area contributed by atoms with Crippen LogP contribution in [0.4, 0.5) is 0 Å². The Bertz CT molecular complexity index is 1080. The van der Waals surface area contributed by atoms with Gasteiger partial charge in [-0.3, -0.25) is 19.5 Å². The largest absolute Gasteiger partial charge is 0.274 e. The molecule has 9 heteroatoms. The Morgan fingerprint density at radius 3 is 2.74 bits per heavy atom. The molecule has 1 N–H and O–H groups in total. The molecule has 0 radical (unpaired) electrons. The molecule has 0 aliphatic heterocycles. The number of hydrogen-bond acceptors (Lipinski definition) is 7. The number of sulfonamides is 1. The van der Waals surface area contributed by atoms with E-state index in [1.165, 1.54) is 17.4 Å². The molecule has 7 nitrogen and oxygen atoms in total. The summed E-state index contributed by atoms with van der Waals surface area (Å²) in [5.41, 5.74) is 1.75. The molecule has 27 heavy (non-hydrogen) atoms. The number of rotatable bonds is 6. The summed E-state index contributed by atoms with van der Waals surface area (Å²) in [6.07, 6.45) is 6.34. The van der Waals surface area contributed by atoms with Gasteiger partial charge >= 0.3 is 0 Å². The highest BCUT2D eigenvalue weighted by Gasteiger charge is 2.27. The predicted octanol–water partition coefficient (Wildman–Crippen LogP) is 2.96. The normalized spacial score (nSPS) is 12.3. The first-order chi connectivity index (χ1) is 12.9. The zero-order valence-corrected chi connectivity index (χ0v) is 16.0. The van der Waals surface area contributed by atoms with Crippen LogP contribution in [-0.4, -0.2) is 29.3 Å². The summed E-state index contributed by atoms with van der Waals surface area (Å²) in [5, 5.41) is -0.358. The zero-order chi connectivity index (χ0) is 19.4. The van der Waals surface area contributed by atoms with E-state index in [4.69, 9.17) is 0 Å². The number of hydrogen-bond donors (Lipinski definition) is 1. The van der Waals surface area contributed by atoms with E-state index in [1.54, 1.807) is 36.8 Å². The lowest BCUT2D eigenvalue weighted by atomic mass is 10.2. The van der Waals surface area contributed by atoms with Gasteiger partial charge in [0.15, 0.2) is 0 Å². The summed E-state index contributed by atoms with van der Waals surface area (Å²) in [4.78, 5) is 24.9. The first kappa shape index (κ1) is 18.9. The molecule has 3 aromatic rings. The van der Waals surface area contributed by atoms with Gasteiger partial charge in [0.1, 0.15) is 10.3 Å². The van der Waals surface area contributed by atoms with Crippen molar-refractivity contribution in [1.29, 1.82) is 0 Å². The molecule has 0 saturated carbocycles. The highest BCUT2D eigenvalue weighted by atomic mass is 32.2. The van der Waals surface area contributed by atoms with Gasteiger partial charge in [-0.2, -0.15) is 0 Å². The summed E-state index contributed by atoms with van der Waals surface area (Å²) in [5.74, 6) is -0.665. The minimum Gasteiger partial charge on any atom is -0.274 e. The number of carbonyl (C=O) groups is 1. The Hall–Kier alpha value is -2.91. The van der Waals surface area contributed by atoms with Crippen LogP contribution in [0.1, 0.15) is 17.9 Å². The molecule has 1 unspecified atom stereocenters. The summed E-state index contributed by atoms with van der Waals surface area (Å²) in [6, 6.07) is 8.80. The van der Waals surface area contributed by atoms with E-state index in [-0.39, 0.29) is 5.69 Å². The second-order valence-electron chi connectivity index (χ2n) is 5.58. The number of amides is 1. The molecule has 0 aromatic carbocycles. The lowest BCUT2D eigenvalue weighted by Gasteiger charge is -2.14. The second kappa shape index (κ2) is 7.77. The molecule has 0 bridgehead atoms. The van der Waals surface area contributed by atoms with E-state index in [1.807, 2.05) is 16.9 Å². The van der Waals surface area contributed by atoms with E-state index in [0.717, 1.165) is 22.4 Å². The third-order valence-electron chi connectivity index (χ3n) is 3.56. The fourth-order valence-electron chi connectivity index (χ4n) is 2.43. The van der Waals surface area contributed by atoms with Gasteiger partial charge in [0.25, 0.3) is 0 Å². The minimum absolute atomic E-state index is 0.271. The zero-order valence-electron chi connectivity index (χ0n) is 14.4. The quantitative estimate of drug-likeness (QED) is 0.638. The van der Waals surface area contributed by atoms with Crippen molar-refractivity contribution in [2.75, 3.05) is 0 Å². The number of nitrogens with zero attached hydrogens (tertiary/aromatic N) is 3. The molecular weight excluding hydrogens is 384 g/mol. The standard InChI is InChI=1S/C18H16N4O3S2/c1-3-17(27(24,25)22-12(2)23)15-8-4-7-14(21-15)16-11-20-18(26-16)13-6-5-9-19-10-13/h3-11,17H,1H2,2H3,(H,22,23). The smallest absolute Gasteiger partial charge is 0.247 e. The number of aromatic nitrogens is 3. The predicted molar refractivity (Wildman–Crippen MR) is 104 cm³/mol. The van der Waals surface area contributed by atoms with Crippen LogP contribution in [-0.2, 0) is 14.8 Å². The Balaban J connectivity index is 1.95. The third-order valence-corrected chi connectivity index (χ3v) is 6.31. The molecule has 1 amide bonds. The van der Waals surface area contributed by atoms with Crippen LogP contribution < -0.4 is 4.72 Å². The maximum Gasteiger partial charge on any atom is 0.247 e. The van der Waals surface area contributed by atoms with Crippen molar-refractivity contribution in [1.82, 2.24) is 19.7 Å². The fraction of sp³-hybridized carbons (Fsp3) is 0.111. The molecule has 0 saturated heterocycles. The number of thiazole rings is 1. The van der Waals surface area contributed by atoms with Gasteiger partial charge in [-0.1, -0.05) is 12.1 Å². The molecule has 1 atom stereocenters. The molecule has 0 fully saturated rings. The van der Waals surface area contributed by atoms with Gasteiger partial charge < -0.3 is 0 Å². The van der Waals surface area contributed by atoms with E-state index >= 15 is 0 Å². The molecular formula is C18H16N4O3S2. The van der Waals surface area contributed by atoms with Crippen LogP contribution in [0.5, 0.6) is 0 Å². The average molecular weight is 400 g/mol. The number of pyridine rings is 2. The Kier molecular flexibility index (Phi) is 5.43. The van der Waals surface area contributed by atoms with E-state index in [2.05, 4.69) is 21.5 Å². The van der Waals surface area contributed by atoms with E-state index in [9.17, 15) is 13.2 Å². The van der Waals surface area contributed by atoms with E-state index in [0.29, 0.717) is 5.69 Å². The highest BCUT2D eigenvalue weighted by molar-refractivity contribution is 7.90. The Labute approximate surface area is 160 Å². The number of carbonyl (C=O) groups excluding carboxylic acids is 1. The van der Waals surface area contributed by atoms with Crippen LogP contribution in [0.15, 0.2) is 61.6 Å². The minimum atomic E-state index is -3.96. The van der Waals surface area contributed by atoms with Crippen molar-refractivity contribution < 1.29 is 13.2 Å². The molecule has 0 aliphatic carbocycles. The highest BCUT2D eigenvalue weighted by Crippen LogP contribution is 2.32. The summed E-state index contributed by atoms with van der Waals surface area (Å²) in [6.45, 7) is 4.71. The van der Waals surface area contributed by atoms with Crippen molar-refractivity contribution in [3.05, 3.63) is 67.3 Å². The molecule has 138 valence electrons. The van der Waals surface area contributed by atoms with Crippen molar-refractivity contribution in [3.8, 4) is 21.1 Å². The SMILES string of the molecule is C=CC(c1cccc(-c2cnc(-c3cccnc3)s2)n1)S(=O)(=O)NC(C)=O. The molecule has 3 aromatic heterocycles. The van der Waals surface area contributed by atoms with Gasteiger partial charge in [-0.15, -0.1) is 17.9 Å². The van der Waals surface area contributed by atoms with Gasteiger partial charge in [-0.25, -0.2) is 13.4 Å². The Morgan fingerprint density at radius 1 is 1.26 bits per heavy atom. The van der Waals surface area contributed by atoms with Crippen LogP contribution in [0.3, 0.4) is 0 Å². The lowest BCUT2D eigenvalue weighted by Crippen LogP contribution is -2.32. The molecule has 3 heterocycles. The van der Waals surface area contributed by atoms with E-state index < -0.39 is 21.2 Å². The first-order valence-corrected chi connectivity index (χ1v) is 10.3. The van der Waals surface area contributed by atoms with Crippen LogP contribution in [0.25, 0.3) is 21.1 Å². The first-order valence-electron chi connectivity index (χ1n) is 7.89. The molecule has 0 aliphatic rings. The third kappa shape index (κ3) is 4.26. The van der Waals surface area contributed by atoms with Crippen molar-refractivity contribution in [2.24, 2.45) is 0 Å². The maximum absolute atomic E-state index is 12.3. The average Bonchev–Trinajstić information content (AvgIpc) is 3.12. The van der Waals surface area contributed by atoms with Crippen molar-refractivity contribution >= 4 is 27.3 Å². The van der Waals surface area contributed by atoms with Crippen molar-refractivity contribution in [2.45, 2.75) is 12.2 Å². The topological polar surface area (TPSA) is 102 Å². The Morgan fingerprint density at radius 2 is 2.07 bits per heavy atom. The van der Waals surface area contributed by atoms with Gasteiger partial charge in [0.2, 0.25) is 15.9 Å². The second-order valence-corrected chi connectivity index (χ2v) is 8.41. The fourth-order valence-corrected chi connectivity index (χ4v) is 4.54. The van der Waals surface area contributed by atoms with Gasteiger partial charge in [0.05, 0.1) is 16.3 Å². The summed E-state index contributed by atoms with van der Waals surface area (Å²) < 4.78 is 26.7. The van der Waals surface area contributed by atoms with Gasteiger partial charge in [0, 0.05) is 31.1 Å². The van der Waals surface area contributed by atoms with Gasteiger partial charge in [-0.05, 0) is 24.3 Å². The maximum atomic E-state index is 12.3. The van der Waals surface area contributed by atoms with Crippen molar-refractivity contribution in [3.63, 3.8) is 0 Å².